The number of benzene rings is 1. The molecular formula is C17H24Cl2FN3OS. The number of halogens is 3. The number of carbonyl (C=O) groups excluding carboxylic acids is 1. The van der Waals surface area contributed by atoms with E-state index in [0.29, 0.717) is 22.1 Å². The highest BCUT2D eigenvalue weighted by Gasteiger charge is 2.23. The van der Waals surface area contributed by atoms with Crippen LogP contribution < -0.4 is 11.1 Å². The van der Waals surface area contributed by atoms with Gasteiger partial charge < -0.3 is 11.1 Å². The zero-order valence-corrected chi connectivity index (χ0v) is 16.9. The van der Waals surface area contributed by atoms with Crippen LogP contribution >= 0.6 is 36.2 Å². The lowest BCUT2D eigenvalue weighted by molar-refractivity contribution is 0.0945. The van der Waals surface area contributed by atoms with E-state index in [9.17, 15) is 9.18 Å². The molecule has 1 heterocycles. The van der Waals surface area contributed by atoms with Gasteiger partial charge in [0.2, 0.25) is 0 Å². The number of nitrogens with zero attached hydrogens (tertiary/aromatic N) is 1. The van der Waals surface area contributed by atoms with Gasteiger partial charge in [0, 0.05) is 17.6 Å². The van der Waals surface area contributed by atoms with Crippen molar-refractivity contribution in [2.45, 2.75) is 39.2 Å². The molecule has 1 aromatic carbocycles. The van der Waals surface area contributed by atoms with Gasteiger partial charge in [-0.05, 0) is 44.0 Å². The van der Waals surface area contributed by atoms with Crippen LogP contribution in [0, 0.1) is 12.7 Å². The molecule has 25 heavy (non-hydrogen) atoms. The molecule has 0 unspecified atom stereocenters. The average Bonchev–Trinajstić information content (AvgIpc) is 2.95. The molecule has 4 nitrogen and oxygen atoms in total. The predicted molar refractivity (Wildman–Crippen MR) is 107 cm³/mol. The largest absolute Gasteiger partial charge is 0.349 e. The van der Waals surface area contributed by atoms with Crippen molar-refractivity contribution in [2.24, 2.45) is 5.73 Å². The molecule has 0 aliphatic carbocycles. The third-order valence-electron chi connectivity index (χ3n) is 4.10. The minimum absolute atomic E-state index is 0. The van der Waals surface area contributed by atoms with Gasteiger partial charge in [-0.15, -0.1) is 36.2 Å². The van der Waals surface area contributed by atoms with E-state index in [0.717, 1.165) is 18.4 Å². The Morgan fingerprint density at radius 3 is 2.32 bits per heavy atom. The molecule has 0 bridgehead atoms. The smallest absolute Gasteiger partial charge is 0.263 e. The van der Waals surface area contributed by atoms with Gasteiger partial charge in [-0.25, -0.2) is 9.37 Å². The van der Waals surface area contributed by atoms with E-state index < -0.39 is 0 Å². The summed E-state index contributed by atoms with van der Waals surface area (Å²) in [6.07, 6.45) is 1.60. The fourth-order valence-corrected chi connectivity index (χ4v) is 3.15. The minimum atomic E-state index is -0.381. The summed E-state index contributed by atoms with van der Waals surface area (Å²) in [6, 6.07) is 6.09. The van der Waals surface area contributed by atoms with Crippen LogP contribution in [0.1, 0.15) is 42.1 Å². The fraction of sp³-hybridized carbons (Fsp3) is 0.412. The second-order valence-corrected chi connectivity index (χ2v) is 6.69. The number of aryl methyl sites for hydroxylation is 1. The number of hydrogen-bond donors (Lipinski definition) is 2. The Hall–Kier alpha value is -1.21. The highest BCUT2D eigenvalue weighted by atomic mass is 35.5. The van der Waals surface area contributed by atoms with Gasteiger partial charge in [0.1, 0.15) is 15.7 Å². The van der Waals surface area contributed by atoms with Crippen molar-refractivity contribution in [1.29, 1.82) is 0 Å². The Balaban J connectivity index is 0.00000288. The molecule has 0 spiro atoms. The van der Waals surface area contributed by atoms with Gasteiger partial charge in [0.15, 0.2) is 0 Å². The van der Waals surface area contributed by atoms with Crippen LogP contribution in [0.15, 0.2) is 24.3 Å². The zero-order chi connectivity index (χ0) is 17.0. The van der Waals surface area contributed by atoms with Crippen molar-refractivity contribution in [3.05, 3.63) is 40.7 Å². The second-order valence-electron chi connectivity index (χ2n) is 5.69. The Kier molecular flexibility index (Phi) is 9.58. The lowest BCUT2D eigenvalue weighted by Gasteiger charge is -2.26. The minimum Gasteiger partial charge on any atom is -0.349 e. The van der Waals surface area contributed by atoms with E-state index in [1.54, 1.807) is 19.1 Å². The first-order valence-corrected chi connectivity index (χ1v) is 8.50. The van der Waals surface area contributed by atoms with E-state index in [1.807, 2.05) is 13.8 Å². The SMILES string of the molecule is CCC(N)(CC)CNC(=O)c1sc(-c2ccc(F)cc2)nc1C.Cl.Cl. The molecule has 1 aromatic heterocycles. The van der Waals surface area contributed by atoms with Gasteiger partial charge >= 0.3 is 0 Å². The second kappa shape index (κ2) is 10.1. The Bertz CT molecular complexity index is 688. The highest BCUT2D eigenvalue weighted by molar-refractivity contribution is 7.17. The molecule has 2 aromatic rings. The van der Waals surface area contributed by atoms with Crippen molar-refractivity contribution in [3.8, 4) is 10.6 Å². The Morgan fingerprint density at radius 1 is 1.24 bits per heavy atom. The summed E-state index contributed by atoms with van der Waals surface area (Å²) in [6.45, 7) is 6.26. The van der Waals surface area contributed by atoms with Crippen molar-refractivity contribution < 1.29 is 9.18 Å². The molecule has 0 fully saturated rings. The topological polar surface area (TPSA) is 68.0 Å². The average molecular weight is 408 g/mol. The molecule has 140 valence electrons. The lowest BCUT2D eigenvalue weighted by Crippen LogP contribution is -2.49. The number of aromatic nitrogens is 1. The van der Waals surface area contributed by atoms with Crippen LogP contribution in [0.25, 0.3) is 10.6 Å². The van der Waals surface area contributed by atoms with Crippen LogP contribution in [0.5, 0.6) is 0 Å². The number of rotatable bonds is 6. The molecule has 0 aliphatic heterocycles. The number of nitrogens with two attached hydrogens (primary N) is 1. The highest BCUT2D eigenvalue weighted by Crippen LogP contribution is 2.28. The van der Waals surface area contributed by atoms with Crippen LogP contribution in [0.3, 0.4) is 0 Å². The third kappa shape index (κ3) is 5.92. The molecule has 0 saturated carbocycles. The van der Waals surface area contributed by atoms with Crippen molar-refractivity contribution in [2.75, 3.05) is 6.54 Å². The molecule has 0 aliphatic rings. The fourth-order valence-electron chi connectivity index (χ4n) is 2.16. The molecule has 0 saturated heterocycles. The maximum Gasteiger partial charge on any atom is 0.263 e. The standard InChI is InChI=1S/C17H22FN3OS.2ClH/c1-4-17(19,5-2)10-20-15(22)14-11(3)21-16(23-14)12-6-8-13(18)9-7-12;;/h6-9H,4-5,10,19H2,1-3H3,(H,20,22);2*1H. The third-order valence-corrected chi connectivity index (χ3v) is 5.31. The maximum atomic E-state index is 13.0. The van der Waals surface area contributed by atoms with Gasteiger partial charge in [-0.1, -0.05) is 13.8 Å². The molecule has 2 rings (SSSR count). The molecule has 0 atom stereocenters. The van der Waals surface area contributed by atoms with Gasteiger partial charge in [0.25, 0.3) is 5.91 Å². The molecular weight excluding hydrogens is 384 g/mol. The number of thiazole rings is 1. The van der Waals surface area contributed by atoms with E-state index in [2.05, 4.69) is 10.3 Å². The summed E-state index contributed by atoms with van der Waals surface area (Å²) in [5.74, 6) is -0.455. The number of carbonyl (C=O) groups is 1. The molecule has 1 amide bonds. The molecule has 3 N–H and O–H groups in total. The normalized spacial score (nSPS) is 10.6. The summed E-state index contributed by atoms with van der Waals surface area (Å²) >= 11 is 1.31. The van der Waals surface area contributed by atoms with E-state index >= 15 is 0 Å². The summed E-state index contributed by atoms with van der Waals surface area (Å²) < 4.78 is 13.0. The van der Waals surface area contributed by atoms with Crippen molar-refractivity contribution >= 4 is 42.1 Å². The van der Waals surface area contributed by atoms with Gasteiger partial charge in [-0.2, -0.15) is 0 Å². The first-order valence-electron chi connectivity index (χ1n) is 7.69. The quantitative estimate of drug-likeness (QED) is 0.747. The van der Waals surface area contributed by atoms with E-state index in [-0.39, 0.29) is 42.1 Å². The van der Waals surface area contributed by atoms with Crippen LogP contribution in [-0.2, 0) is 0 Å². The Morgan fingerprint density at radius 2 is 1.80 bits per heavy atom. The van der Waals surface area contributed by atoms with Crippen LogP contribution in [0.2, 0.25) is 0 Å². The van der Waals surface area contributed by atoms with E-state index in [4.69, 9.17) is 5.73 Å². The maximum absolute atomic E-state index is 13.0. The zero-order valence-electron chi connectivity index (χ0n) is 14.5. The molecule has 8 heteroatoms. The van der Waals surface area contributed by atoms with Crippen LogP contribution in [0.4, 0.5) is 4.39 Å². The predicted octanol–water partition coefficient (Wildman–Crippen LogP) is 4.35. The van der Waals surface area contributed by atoms with Gasteiger partial charge in [-0.3, -0.25) is 4.79 Å². The lowest BCUT2D eigenvalue weighted by atomic mass is 9.94. The Labute approximate surface area is 164 Å². The monoisotopic (exact) mass is 407 g/mol. The first kappa shape index (κ1) is 23.8. The van der Waals surface area contributed by atoms with Crippen LogP contribution in [-0.4, -0.2) is 23.0 Å². The summed E-state index contributed by atoms with van der Waals surface area (Å²) in [4.78, 5) is 17.4. The van der Waals surface area contributed by atoms with Gasteiger partial charge in [0.05, 0.1) is 5.69 Å². The van der Waals surface area contributed by atoms with E-state index in [1.165, 1.54) is 23.5 Å². The number of amides is 1. The number of nitrogens with one attached hydrogen (secondary N) is 1. The first-order chi connectivity index (χ1) is 10.9. The summed E-state index contributed by atoms with van der Waals surface area (Å²) in [7, 11) is 0. The van der Waals surface area contributed by atoms with Crippen molar-refractivity contribution in [3.63, 3.8) is 0 Å². The summed E-state index contributed by atoms with van der Waals surface area (Å²) in [5, 5.41) is 3.61. The number of hydrogen-bond acceptors (Lipinski definition) is 4. The summed E-state index contributed by atoms with van der Waals surface area (Å²) in [5.41, 5.74) is 7.30. The van der Waals surface area contributed by atoms with Crippen molar-refractivity contribution in [1.82, 2.24) is 10.3 Å². The molecule has 0 radical (unpaired) electrons.